The maximum absolute atomic E-state index is 13.2. The monoisotopic (exact) mass is 729 g/mol. The van der Waals surface area contributed by atoms with Crippen molar-refractivity contribution in [3.63, 3.8) is 0 Å². The van der Waals surface area contributed by atoms with Gasteiger partial charge in [0.2, 0.25) is 29.5 Å². The zero-order valence-electron chi connectivity index (χ0n) is 29.3. The van der Waals surface area contributed by atoms with Crippen molar-refractivity contribution >= 4 is 52.4 Å². The molecule has 10 N–H and O–H groups in total. The number of nitrogens with two attached hydrogens (primary N) is 2. The molecule has 1 fully saturated rings. The number of carboxylic acids is 2. The van der Waals surface area contributed by atoms with E-state index in [4.69, 9.17) is 11.5 Å². The van der Waals surface area contributed by atoms with Gasteiger partial charge in [-0.25, -0.2) is 0 Å². The van der Waals surface area contributed by atoms with E-state index in [9.17, 15) is 43.8 Å². The number of aliphatic carboxylic acids is 2. The van der Waals surface area contributed by atoms with Crippen molar-refractivity contribution in [3.05, 3.63) is 36.0 Å². The SMILES string of the molecule is NC(=O)CC[C@H](NC(=O)CCCCCNC(=O)CN1CCN(CC(=O)O)CCN(CC(=O)O)CC1)C(=O)N[C@@H](Cc1c[nH]c2ccccc12)C(N)=O. The lowest BCUT2D eigenvalue weighted by molar-refractivity contribution is -0.140. The molecule has 52 heavy (non-hydrogen) atoms. The second-order valence-corrected chi connectivity index (χ2v) is 12.9. The number of benzene rings is 1. The molecular formula is C34H51N9O9. The lowest BCUT2D eigenvalue weighted by atomic mass is 10.0. The van der Waals surface area contributed by atoms with E-state index in [2.05, 4.69) is 20.9 Å². The zero-order chi connectivity index (χ0) is 38.0. The van der Waals surface area contributed by atoms with E-state index in [1.54, 1.807) is 16.0 Å². The van der Waals surface area contributed by atoms with Gasteiger partial charge in [-0.05, 0) is 30.9 Å². The van der Waals surface area contributed by atoms with Crippen LogP contribution in [0.2, 0.25) is 0 Å². The fourth-order valence-corrected chi connectivity index (χ4v) is 5.95. The lowest BCUT2D eigenvalue weighted by Crippen LogP contribution is -2.53. The average Bonchev–Trinajstić information content (AvgIpc) is 3.51. The molecule has 0 unspecified atom stereocenters. The fourth-order valence-electron chi connectivity index (χ4n) is 5.95. The summed E-state index contributed by atoms with van der Waals surface area (Å²) in [5.74, 6) is -4.69. The van der Waals surface area contributed by atoms with Gasteiger partial charge in [0, 0.05) is 82.2 Å². The number of carbonyl (C=O) groups is 7. The molecule has 5 amide bonds. The summed E-state index contributed by atoms with van der Waals surface area (Å²) in [7, 11) is 0. The summed E-state index contributed by atoms with van der Waals surface area (Å²) in [6.07, 6.45) is 3.34. The Labute approximate surface area is 301 Å². The smallest absolute Gasteiger partial charge is 0.317 e. The first-order valence-corrected chi connectivity index (χ1v) is 17.4. The maximum Gasteiger partial charge on any atom is 0.317 e. The molecule has 1 aromatic carbocycles. The topological polar surface area (TPSA) is 274 Å². The van der Waals surface area contributed by atoms with E-state index in [0.29, 0.717) is 65.1 Å². The van der Waals surface area contributed by atoms with Crippen LogP contribution in [0, 0.1) is 0 Å². The number of unbranched alkanes of at least 4 members (excludes halogenated alkanes) is 2. The molecule has 2 heterocycles. The first-order chi connectivity index (χ1) is 24.8. The van der Waals surface area contributed by atoms with Crippen LogP contribution in [-0.2, 0) is 40.0 Å². The number of rotatable bonds is 21. The number of carbonyl (C=O) groups excluding carboxylic acids is 5. The van der Waals surface area contributed by atoms with Gasteiger partial charge in [-0.1, -0.05) is 24.6 Å². The molecule has 18 nitrogen and oxygen atoms in total. The van der Waals surface area contributed by atoms with Crippen LogP contribution in [0.3, 0.4) is 0 Å². The molecule has 2 atom stereocenters. The van der Waals surface area contributed by atoms with Crippen molar-refractivity contribution in [2.24, 2.45) is 11.5 Å². The van der Waals surface area contributed by atoms with E-state index < -0.39 is 47.7 Å². The van der Waals surface area contributed by atoms with E-state index in [1.807, 2.05) is 29.2 Å². The molecule has 0 spiro atoms. The molecule has 0 radical (unpaired) electrons. The number of nitrogens with one attached hydrogen (secondary N) is 4. The number of aromatic amines is 1. The second-order valence-electron chi connectivity index (χ2n) is 12.9. The molecule has 1 aliphatic rings. The van der Waals surface area contributed by atoms with Crippen LogP contribution in [0.4, 0.5) is 0 Å². The highest BCUT2D eigenvalue weighted by Crippen LogP contribution is 2.19. The van der Waals surface area contributed by atoms with Crippen LogP contribution in [0.15, 0.2) is 30.5 Å². The van der Waals surface area contributed by atoms with E-state index in [0.717, 1.165) is 16.5 Å². The Morgan fingerprint density at radius 2 is 1.33 bits per heavy atom. The molecule has 1 aliphatic heterocycles. The minimum Gasteiger partial charge on any atom is -0.480 e. The molecule has 286 valence electrons. The number of nitrogens with zero attached hydrogens (tertiary/aromatic N) is 3. The number of primary amides is 2. The summed E-state index contributed by atoms with van der Waals surface area (Å²) in [5.41, 5.74) is 12.5. The third-order valence-corrected chi connectivity index (χ3v) is 8.78. The summed E-state index contributed by atoms with van der Waals surface area (Å²) in [6.45, 7) is 2.61. The number of H-pyrrole nitrogens is 1. The van der Waals surface area contributed by atoms with Gasteiger partial charge in [-0.15, -0.1) is 0 Å². The number of para-hydroxylation sites is 1. The van der Waals surface area contributed by atoms with Crippen LogP contribution in [-0.4, -0.2) is 149 Å². The van der Waals surface area contributed by atoms with Gasteiger partial charge in [0.05, 0.1) is 19.6 Å². The van der Waals surface area contributed by atoms with Gasteiger partial charge in [0.1, 0.15) is 12.1 Å². The number of carboxylic acid groups (broad SMARTS) is 2. The predicted molar refractivity (Wildman–Crippen MR) is 190 cm³/mol. The number of amides is 5. The Morgan fingerprint density at radius 1 is 0.731 bits per heavy atom. The summed E-state index contributed by atoms with van der Waals surface area (Å²) < 4.78 is 0. The van der Waals surface area contributed by atoms with Gasteiger partial charge < -0.3 is 42.6 Å². The van der Waals surface area contributed by atoms with Crippen LogP contribution < -0.4 is 27.4 Å². The van der Waals surface area contributed by atoms with Crippen molar-refractivity contribution < 1.29 is 43.8 Å². The van der Waals surface area contributed by atoms with Gasteiger partial charge in [0.25, 0.3) is 0 Å². The minimum absolute atomic E-state index is 0.0658. The molecule has 0 saturated carbocycles. The Morgan fingerprint density at radius 3 is 1.90 bits per heavy atom. The maximum atomic E-state index is 13.2. The lowest BCUT2D eigenvalue weighted by Gasteiger charge is -2.24. The minimum atomic E-state index is -1.12. The number of hydrogen-bond donors (Lipinski definition) is 8. The number of fused-ring (bicyclic) bond motifs is 1. The molecule has 1 aromatic heterocycles. The first-order valence-electron chi connectivity index (χ1n) is 17.4. The largest absolute Gasteiger partial charge is 0.480 e. The molecule has 0 aliphatic carbocycles. The predicted octanol–water partition coefficient (Wildman–Crippen LogP) is -1.80. The number of aromatic nitrogens is 1. The molecular weight excluding hydrogens is 678 g/mol. The van der Waals surface area contributed by atoms with Gasteiger partial charge in [-0.2, -0.15) is 0 Å². The molecule has 3 rings (SSSR count). The molecule has 1 saturated heterocycles. The number of hydrogen-bond acceptors (Lipinski definition) is 10. The zero-order valence-corrected chi connectivity index (χ0v) is 29.3. The Balaban J connectivity index is 1.42. The second kappa shape index (κ2) is 21.3. The van der Waals surface area contributed by atoms with Crippen LogP contribution in [0.25, 0.3) is 10.9 Å². The molecule has 2 aromatic rings. The van der Waals surface area contributed by atoms with Gasteiger partial charge >= 0.3 is 11.9 Å². The van der Waals surface area contributed by atoms with Crippen molar-refractivity contribution in [2.75, 3.05) is 65.4 Å². The third-order valence-electron chi connectivity index (χ3n) is 8.78. The first kappa shape index (κ1) is 41.4. The highest BCUT2D eigenvalue weighted by molar-refractivity contribution is 5.93. The van der Waals surface area contributed by atoms with Crippen molar-refractivity contribution in [1.82, 2.24) is 35.6 Å². The van der Waals surface area contributed by atoms with Crippen LogP contribution >= 0.6 is 0 Å². The summed E-state index contributed by atoms with van der Waals surface area (Å²) in [5, 5.41) is 27.4. The normalized spacial score (nSPS) is 15.8. The van der Waals surface area contributed by atoms with E-state index in [1.165, 1.54) is 0 Å². The van der Waals surface area contributed by atoms with Crippen molar-refractivity contribution in [2.45, 2.75) is 57.0 Å². The van der Waals surface area contributed by atoms with Gasteiger partial charge in [-0.3, -0.25) is 48.3 Å². The van der Waals surface area contributed by atoms with E-state index >= 15 is 0 Å². The molecule has 18 heteroatoms. The summed E-state index contributed by atoms with van der Waals surface area (Å²) >= 11 is 0. The highest BCUT2D eigenvalue weighted by atomic mass is 16.4. The Kier molecular flexibility index (Phi) is 17.0. The molecule has 0 bridgehead atoms. The van der Waals surface area contributed by atoms with E-state index in [-0.39, 0.29) is 51.2 Å². The standard InChI is InChI=1S/C34H51N9O9/c35-28(44)10-9-26(34(52)40-27(33(36)51)18-23-19-38-25-7-4-3-6-24(23)25)39-29(45)8-2-1-5-11-37-30(46)20-41-12-14-42(21-31(47)48)16-17-43(15-13-41)22-32(49)50/h3-4,6-7,19,26-27,38H,1-2,5,8-18,20-22H2,(H2,35,44)(H2,36,51)(H,37,46)(H,39,45)(H,40,52)(H,47,48)(H,49,50)/t26-,27-/m0/s1. The summed E-state index contributed by atoms with van der Waals surface area (Å²) in [6, 6.07) is 5.28. The van der Waals surface area contributed by atoms with Crippen molar-refractivity contribution in [3.8, 4) is 0 Å². The average molecular weight is 730 g/mol. The van der Waals surface area contributed by atoms with Crippen molar-refractivity contribution in [1.29, 1.82) is 0 Å². The third kappa shape index (κ3) is 15.0. The van der Waals surface area contributed by atoms with Gasteiger partial charge in [0.15, 0.2) is 0 Å². The van der Waals surface area contributed by atoms with Crippen LogP contribution in [0.1, 0.15) is 44.1 Å². The highest BCUT2D eigenvalue weighted by Gasteiger charge is 2.27. The fraction of sp³-hybridized carbons (Fsp3) is 0.559. The Bertz CT molecular complexity index is 1520. The summed E-state index contributed by atoms with van der Waals surface area (Å²) in [4.78, 5) is 93.3. The Hall–Kier alpha value is -5.07. The van der Waals surface area contributed by atoms with Crippen LogP contribution in [0.5, 0.6) is 0 Å². The quantitative estimate of drug-likeness (QED) is 0.0661.